The number of aliphatic hydroxyl groups excluding tert-OH is 1. The monoisotopic (exact) mass is 212 g/mol. The molecule has 1 N–H and O–H groups in total. The van der Waals surface area contributed by atoms with Gasteiger partial charge in [-0.2, -0.15) is 0 Å². The quantitative estimate of drug-likeness (QED) is 0.785. The van der Waals surface area contributed by atoms with Crippen LogP contribution >= 0.6 is 11.3 Å². The minimum absolute atomic E-state index is 0.0297. The molecule has 1 atom stereocenters. The first-order valence-corrected chi connectivity index (χ1v) is 5.75. The van der Waals surface area contributed by atoms with E-state index in [1.807, 2.05) is 11.4 Å². The Morgan fingerprint density at radius 1 is 1.57 bits per heavy atom. The SMILES string of the molecule is CC(=O)C(CCO)CCc1cccs1. The van der Waals surface area contributed by atoms with Gasteiger partial charge < -0.3 is 5.11 Å². The Labute approximate surface area is 88.6 Å². The lowest BCUT2D eigenvalue weighted by Gasteiger charge is -2.10. The van der Waals surface area contributed by atoms with E-state index in [2.05, 4.69) is 6.07 Å². The zero-order valence-electron chi connectivity index (χ0n) is 8.40. The summed E-state index contributed by atoms with van der Waals surface area (Å²) in [6.45, 7) is 1.71. The lowest BCUT2D eigenvalue weighted by Crippen LogP contribution is -2.13. The predicted octanol–water partition coefficient (Wildman–Crippen LogP) is 2.27. The minimum atomic E-state index is 0.0297. The highest BCUT2D eigenvalue weighted by Gasteiger charge is 2.13. The summed E-state index contributed by atoms with van der Waals surface area (Å²) in [5.74, 6) is 0.220. The van der Waals surface area contributed by atoms with Crippen molar-refractivity contribution in [1.82, 2.24) is 0 Å². The fourth-order valence-electron chi connectivity index (χ4n) is 1.48. The molecule has 0 spiro atoms. The van der Waals surface area contributed by atoms with Crippen molar-refractivity contribution >= 4 is 17.1 Å². The lowest BCUT2D eigenvalue weighted by atomic mass is 9.95. The van der Waals surface area contributed by atoms with Crippen molar-refractivity contribution in [3.63, 3.8) is 0 Å². The van der Waals surface area contributed by atoms with Crippen molar-refractivity contribution in [2.24, 2.45) is 5.92 Å². The van der Waals surface area contributed by atoms with Crippen molar-refractivity contribution in [1.29, 1.82) is 0 Å². The fourth-order valence-corrected chi connectivity index (χ4v) is 2.20. The molecule has 1 unspecified atom stereocenters. The molecule has 1 aromatic heterocycles. The summed E-state index contributed by atoms with van der Waals surface area (Å²) >= 11 is 1.72. The van der Waals surface area contributed by atoms with E-state index in [4.69, 9.17) is 5.11 Å². The molecular weight excluding hydrogens is 196 g/mol. The van der Waals surface area contributed by atoms with E-state index in [1.165, 1.54) is 4.88 Å². The number of Topliss-reactive ketones (excluding diaryl/α,β-unsaturated/α-hetero) is 1. The molecule has 78 valence electrons. The van der Waals surface area contributed by atoms with Gasteiger partial charge >= 0.3 is 0 Å². The van der Waals surface area contributed by atoms with Crippen LogP contribution in [0.2, 0.25) is 0 Å². The maximum atomic E-state index is 11.2. The van der Waals surface area contributed by atoms with E-state index in [0.717, 1.165) is 12.8 Å². The van der Waals surface area contributed by atoms with Crippen LogP contribution in [0, 0.1) is 5.92 Å². The van der Waals surface area contributed by atoms with Crippen LogP contribution in [-0.2, 0) is 11.2 Å². The molecule has 3 heteroatoms. The number of aliphatic hydroxyl groups is 1. The van der Waals surface area contributed by atoms with Crippen molar-refractivity contribution < 1.29 is 9.90 Å². The number of carbonyl (C=O) groups is 1. The van der Waals surface area contributed by atoms with E-state index in [0.29, 0.717) is 6.42 Å². The van der Waals surface area contributed by atoms with Crippen LogP contribution in [0.25, 0.3) is 0 Å². The first-order valence-electron chi connectivity index (χ1n) is 4.87. The summed E-state index contributed by atoms with van der Waals surface area (Å²) in [4.78, 5) is 12.5. The molecule has 0 aliphatic carbocycles. The van der Waals surface area contributed by atoms with Gasteiger partial charge in [0.05, 0.1) is 0 Å². The van der Waals surface area contributed by atoms with Gasteiger partial charge in [-0.05, 0) is 37.6 Å². The maximum Gasteiger partial charge on any atom is 0.133 e. The zero-order chi connectivity index (χ0) is 10.4. The van der Waals surface area contributed by atoms with Gasteiger partial charge in [0, 0.05) is 17.4 Å². The number of rotatable bonds is 6. The van der Waals surface area contributed by atoms with E-state index in [1.54, 1.807) is 18.3 Å². The second-order valence-electron chi connectivity index (χ2n) is 3.44. The van der Waals surface area contributed by atoms with Crippen molar-refractivity contribution in [3.8, 4) is 0 Å². The van der Waals surface area contributed by atoms with Crippen molar-refractivity contribution in [2.45, 2.75) is 26.2 Å². The Morgan fingerprint density at radius 2 is 2.36 bits per heavy atom. The Kier molecular flexibility index (Phi) is 4.84. The molecule has 1 aromatic rings. The van der Waals surface area contributed by atoms with Crippen LogP contribution < -0.4 is 0 Å². The first-order chi connectivity index (χ1) is 6.74. The largest absolute Gasteiger partial charge is 0.396 e. The first kappa shape index (κ1) is 11.4. The number of carbonyl (C=O) groups excluding carboxylic acids is 1. The maximum absolute atomic E-state index is 11.2. The smallest absolute Gasteiger partial charge is 0.133 e. The van der Waals surface area contributed by atoms with E-state index in [-0.39, 0.29) is 18.3 Å². The Morgan fingerprint density at radius 3 is 2.86 bits per heavy atom. The second kappa shape index (κ2) is 5.94. The predicted molar refractivity (Wildman–Crippen MR) is 58.5 cm³/mol. The molecular formula is C11H16O2S. The molecule has 14 heavy (non-hydrogen) atoms. The molecule has 0 aliphatic heterocycles. The van der Waals surface area contributed by atoms with E-state index >= 15 is 0 Å². The highest BCUT2D eigenvalue weighted by molar-refractivity contribution is 7.09. The second-order valence-corrected chi connectivity index (χ2v) is 4.47. The average molecular weight is 212 g/mol. The average Bonchev–Trinajstić information content (AvgIpc) is 2.64. The number of hydrogen-bond acceptors (Lipinski definition) is 3. The third-order valence-electron chi connectivity index (χ3n) is 2.37. The van der Waals surface area contributed by atoms with Gasteiger partial charge in [0.2, 0.25) is 0 Å². The molecule has 0 saturated heterocycles. The third kappa shape index (κ3) is 3.60. The lowest BCUT2D eigenvalue weighted by molar-refractivity contribution is -0.121. The zero-order valence-corrected chi connectivity index (χ0v) is 9.22. The molecule has 2 nitrogen and oxygen atoms in total. The third-order valence-corrected chi connectivity index (χ3v) is 3.31. The molecule has 0 bridgehead atoms. The molecule has 0 fully saturated rings. The molecule has 0 amide bonds. The highest BCUT2D eigenvalue weighted by Crippen LogP contribution is 2.17. The van der Waals surface area contributed by atoms with Gasteiger partial charge in [0.1, 0.15) is 5.78 Å². The van der Waals surface area contributed by atoms with E-state index in [9.17, 15) is 4.79 Å². The molecule has 0 radical (unpaired) electrons. The Hall–Kier alpha value is -0.670. The summed E-state index contributed by atoms with van der Waals surface area (Å²) in [6, 6.07) is 4.11. The van der Waals surface area contributed by atoms with Crippen LogP contribution in [0.3, 0.4) is 0 Å². The number of aryl methyl sites for hydroxylation is 1. The number of ketones is 1. The number of hydrogen-bond donors (Lipinski definition) is 1. The fraction of sp³-hybridized carbons (Fsp3) is 0.545. The van der Waals surface area contributed by atoms with Crippen molar-refractivity contribution in [2.75, 3.05) is 6.61 Å². The summed E-state index contributed by atoms with van der Waals surface area (Å²) in [5.41, 5.74) is 0. The molecule has 0 aliphatic rings. The normalized spacial score (nSPS) is 12.7. The summed E-state index contributed by atoms with van der Waals surface area (Å²) in [7, 11) is 0. The van der Waals surface area contributed by atoms with Gasteiger partial charge in [-0.25, -0.2) is 0 Å². The van der Waals surface area contributed by atoms with Crippen LogP contribution in [0.5, 0.6) is 0 Å². The van der Waals surface area contributed by atoms with Crippen molar-refractivity contribution in [3.05, 3.63) is 22.4 Å². The van der Waals surface area contributed by atoms with E-state index < -0.39 is 0 Å². The number of thiophene rings is 1. The Bertz CT molecular complexity index is 267. The molecule has 0 saturated carbocycles. The van der Waals surface area contributed by atoms with Gasteiger partial charge in [0.25, 0.3) is 0 Å². The van der Waals surface area contributed by atoms with Crippen LogP contribution in [0.4, 0.5) is 0 Å². The standard InChI is InChI=1S/C11H16O2S/c1-9(13)10(6-7-12)4-5-11-3-2-8-14-11/h2-3,8,10,12H,4-7H2,1H3. The molecule has 1 heterocycles. The molecule has 0 aromatic carbocycles. The van der Waals surface area contributed by atoms with Gasteiger partial charge in [-0.3, -0.25) is 4.79 Å². The van der Waals surface area contributed by atoms with Gasteiger partial charge in [-0.1, -0.05) is 6.07 Å². The van der Waals surface area contributed by atoms with Gasteiger partial charge in [-0.15, -0.1) is 11.3 Å². The van der Waals surface area contributed by atoms with Crippen LogP contribution in [-0.4, -0.2) is 17.5 Å². The van der Waals surface area contributed by atoms with Gasteiger partial charge in [0.15, 0.2) is 0 Å². The van der Waals surface area contributed by atoms with Crippen LogP contribution in [0.15, 0.2) is 17.5 Å². The highest BCUT2D eigenvalue weighted by atomic mass is 32.1. The molecule has 1 rings (SSSR count). The minimum Gasteiger partial charge on any atom is -0.396 e. The Balaban J connectivity index is 2.37. The summed E-state index contributed by atoms with van der Waals surface area (Å²) < 4.78 is 0. The topological polar surface area (TPSA) is 37.3 Å². The van der Waals surface area contributed by atoms with Crippen LogP contribution in [0.1, 0.15) is 24.6 Å². The summed E-state index contributed by atoms with van der Waals surface area (Å²) in [6.07, 6.45) is 2.40. The summed E-state index contributed by atoms with van der Waals surface area (Å²) in [5, 5.41) is 10.8.